The number of nitrogens with zero attached hydrogens (tertiary/aromatic N) is 2. The van der Waals surface area contributed by atoms with E-state index in [2.05, 4.69) is 210 Å². The molecule has 0 saturated heterocycles. The van der Waals surface area contributed by atoms with E-state index in [1.54, 1.807) is 0 Å². The topological polar surface area (TPSA) is 32.8 Å². The fourth-order valence-corrected chi connectivity index (χ4v) is 9.50. The Morgan fingerprint density at radius 1 is 0.483 bits per heavy atom. The first-order valence-electron chi connectivity index (χ1n) is 19.9. The van der Waals surface area contributed by atoms with Gasteiger partial charge in [0.25, 0.3) is 0 Å². The maximum absolute atomic E-state index is 7.08. The Morgan fingerprint density at radius 2 is 1.19 bits per heavy atom. The van der Waals surface area contributed by atoms with Gasteiger partial charge in [-0.2, -0.15) is 0 Å². The molecule has 2 aliphatic rings. The highest BCUT2D eigenvalue weighted by Gasteiger charge is 2.43. The lowest BCUT2D eigenvalue weighted by atomic mass is 9.86. The van der Waals surface area contributed by atoms with E-state index in [0.717, 1.165) is 83.2 Å². The Bertz CT molecular complexity index is 3250. The van der Waals surface area contributed by atoms with Gasteiger partial charge in [0.1, 0.15) is 16.7 Å². The number of allylic oxidation sites excluding steroid dienone is 2. The second kappa shape index (κ2) is 13.0. The van der Waals surface area contributed by atoms with Crippen LogP contribution in [0.4, 0.5) is 22.7 Å². The first kappa shape index (κ1) is 32.7. The van der Waals surface area contributed by atoms with Gasteiger partial charge in [-0.1, -0.05) is 146 Å². The van der Waals surface area contributed by atoms with Crippen LogP contribution in [0.2, 0.25) is 0 Å². The van der Waals surface area contributed by atoms with Crippen LogP contribution in [0.1, 0.15) is 11.5 Å². The summed E-state index contributed by atoms with van der Waals surface area (Å²) in [5.41, 5.74) is 14.7. The number of rotatable bonds is 6. The molecule has 4 nitrogen and oxygen atoms in total. The molecule has 8 aromatic carbocycles. The molecule has 0 radical (unpaired) electrons. The van der Waals surface area contributed by atoms with Crippen LogP contribution in [-0.2, 0) is 0 Å². The molecule has 2 aromatic heterocycles. The lowest BCUT2D eigenvalue weighted by Gasteiger charge is -2.37. The molecular formula is C54H36N2O2. The third-order valence-corrected chi connectivity index (χ3v) is 12.0. The van der Waals surface area contributed by atoms with E-state index < -0.39 is 0 Å². The van der Waals surface area contributed by atoms with Crippen LogP contribution in [0, 0.1) is 0 Å². The maximum Gasteiger partial charge on any atom is 0.159 e. The third-order valence-electron chi connectivity index (χ3n) is 12.0. The Hall–Kier alpha value is -7.56. The lowest BCUT2D eigenvalue weighted by molar-refractivity contribution is 0.664. The molecule has 274 valence electrons. The largest absolute Gasteiger partial charge is 0.455 e. The zero-order chi connectivity index (χ0) is 38.2. The van der Waals surface area contributed by atoms with Crippen molar-refractivity contribution in [3.8, 4) is 22.3 Å². The Morgan fingerprint density at radius 3 is 2.03 bits per heavy atom. The van der Waals surface area contributed by atoms with Crippen LogP contribution in [0.5, 0.6) is 0 Å². The molecule has 0 saturated carbocycles. The highest BCUT2D eigenvalue weighted by atomic mass is 16.3. The number of hydrogen-bond donors (Lipinski definition) is 0. The molecule has 10 aromatic rings. The van der Waals surface area contributed by atoms with Gasteiger partial charge in [-0.3, -0.25) is 0 Å². The molecule has 0 spiro atoms. The molecule has 12 rings (SSSR count). The summed E-state index contributed by atoms with van der Waals surface area (Å²) in [5.74, 6) is 0.00717. The standard InChI is InChI=1S/C54H36N2O2/c1-4-16-35(17-5-1)37-30-31-43-50(34-37)58-54-39(36-18-6-2-7-19-36)32-33-47(52(43)54)56(48-28-14-24-41-40-22-11-13-29-49(40)57-53(41)48)46-27-15-26-45-51(46)42-23-10-12-25-44(42)55(45)38-20-8-3-9-21-38/h1-34,45,51H. The van der Waals surface area contributed by atoms with Crippen molar-refractivity contribution in [3.63, 3.8) is 0 Å². The predicted molar refractivity (Wildman–Crippen MR) is 239 cm³/mol. The van der Waals surface area contributed by atoms with Crippen LogP contribution in [0.15, 0.2) is 221 Å². The van der Waals surface area contributed by atoms with Crippen LogP contribution >= 0.6 is 0 Å². The van der Waals surface area contributed by atoms with Crippen molar-refractivity contribution >= 4 is 66.6 Å². The van der Waals surface area contributed by atoms with Crippen molar-refractivity contribution in [2.45, 2.75) is 12.0 Å². The average molecular weight is 745 g/mol. The Kier molecular flexibility index (Phi) is 7.32. The summed E-state index contributed by atoms with van der Waals surface area (Å²) in [6, 6.07) is 66.9. The van der Waals surface area contributed by atoms with E-state index in [1.807, 2.05) is 6.07 Å². The molecule has 0 amide bonds. The Labute approximate surface area is 335 Å². The van der Waals surface area contributed by atoms with Gasteiger partial charge >= 0.3 is 0 Å². The molecule has 2 atom stereocenters. The van der Waals surface area contributed by atoms with Crippen LogP contribution in [-0.4, -0.2) is 6.04 Å². The quantitative estimate of drug-likeness (QED) is 0.170. The van der Waals surface area contributed by atoms with Crippen LogP contribution in [0.25, 0.3) is 66.1 Å². The number of furan rings is 2. The monoisotopic (exact) mass is 744 g/mol. The zero-order valence-corrected chi connectivity index (χ0v) is 31.5. The normalized spacial score (nSPS) is 15.9. The fourth-order valence-electron chi connectivity index (χ4n) is 9.50. The average Bonchev–Trinajstić information content (AvgIpc) is 3.98. The summed E-state index contributed by atoms with van der Waals surface area (Å²) in [6.45, 7) is 0. The summed E-state index contributed by atoms with van der Waals surface area (Å²) >= 11 is 0. The summed E-state index contributed by atoms with van der Waals surface area (Å²) in [4.78, 5) is 4.96. The molecule has 58 heavy (non-hydrogen) atoms. The van der Waals surface area contributed by atoms with Crippen molar-refractivity contribution in [1.82, 2.24) is 0 Å². The zero-order valence-electron chi connectivity index (χ0n) is 31.5. The van der Waals surface area contributed by atoms with Gasteiger partial charge < -0.3 is 18.6 Å². The van der Waals surface area contributed by atoms with Gasteiger partial charge in [-0.25, -0.2) is 0 Å². The van der Waals surface area contributed by atoms with E-state index in [0.29, 0.717) is 0 Å². The van der Waals surface area contributed by atoms with E-state index in [9.17, 15) is 0 Å². The van der Waals surface area contributed by atoms with Crippen molar-refractivity contribution in [1.29, 1.82) is 0 Å². The molecule has 1 aliphatic carbocycles. The van der Waals surface area contributed by atoms with E-state index in [4.69, 9.17) is 8.83 Å². The third kappa shape index (κ3) is 4.95. The van der Waals surface area contributed by atoms with Gasteiger partial charge in [0.2, 0.25) is 0 Å². The second-order valence-electron chi connectivity index (χ2n) is 15.2. The number of benzene rings is 8. The van der Waals surface area contributed by atoms with Crippen LogP contribution in [0.3, 0.4) is 0 Å². The molecule has 3 heterocycles. The van der Waals surface area contributed by atoms with Crippen molar-refractivity contribution in [3.05, 3.63) is 218 Å². The van der Waals surface area contributed by atoms with E-state index in [1.165, 1.54) is 16.9 Å². The summed E-state index contributed by atoms with van der Waals surface area (Å²) in [5, 5.41) is 4.30. The minimum Gasteiger partial charge on any atom is -0.455 e. The van der Waals surface area contributed by atoms with Gasteiger partial charge in [0.05, 0.1) is 28.7 Å². The smallest absolute Gasteiger partial charge is 0.159 e. The summed E-state index contributed by atoms with van der Waals surface area (Å²) in [6.07, 6.45) is 6.90. The maximum atomic E-state index is 7.08. The number of para-hydroxylation sites is 4. The van der Waals surface area contributed by atoms with Gasteiger partial charge in [0.15, 0.2) is 5.58 Å². The predicted octanol–water partition coefficient (Wildman–Crippen LogP) is 14.7. The molecular weight excluding hydrogens is 709 g/mol. The molecule has 1 aliphatic heterocycles. The highest BCUT2D eigenvalue weighted by Crippen LogP contribution is 2.55. The minimum absolute atomic E-state index is 0.00717. The lowest BCUT2D eigenvalue weighted by Crippen LogP contribution is -2.34. The SMILES string of the molecule is C1=CC2C(C(N(c3cccc4c3oc3ccccc34)c3ccc(-c4ccccc4)c4oc5cc(-c6ccccc6)ccc5c34)=C1)c1ccccc1N2c1ccccc1. The molecule has 0 N–H and O–H groups in total. The van der Waals surface area contributed by atoms with Gasteiger partial charge in [-0.15, -0.1) is 0 Å². The number of hydrogen-bond acceptors (Lipinski definition) is 4. The number of anilines is 4. The minimum atomic E-state index is 0.00717. The Balaban J connectivity index is 1.16. The summed E-state index contributed by atoms with van der Waals surface area (Å²) in [7, 11) is 0. The fraction of sp³-hybridized carbons (Fsp3) is 0.0370. The first-order chi connectivity index (χ1) is 28.8. The summed E-state index contributed by atoms with van der Waals surface area (Å²) < 4.78 is 13.9. The van der Waals surface area contributed by atoms with Gasteiger partial charge in [-0.05, 0) is 82.9 Å². The van der Waals surface area contributed by atoms with Crippen LogP contribution < -0.4 is 9.80 Å². The first-order valence-corrected chi connectivity index (χ1v) is 19.9. The molecule has 0 bridgehead atoms. The van der Waals surface area contributed by atoms with E-state index in [-0.39, 0.29) is 12.0 Å². The van der Waals surface area contributed by atoms with Crippen molar-refractivity contribution < 1.29 is 8.83 Å². The van der Waals surface area contributed by atoms with E-state index >= 15 is 0 Å². The van der Waals surface area contributed by atoms with Gasteiger partial charge in [0, 0.05) is 38.8 Å². The number of fused-ring (bicyclic) bond motifs is 9. The highest BCUT2D eigenvalue weighted by molar-refractivity contribution is 6.18. The molecule has 0 fully saturated rings. The van der Waals surface area contributed by atoms with Crippen molar-refractivity contribution in [2.24, 2.45) is 0 Å². The molecule has 2 unspecified atom stereocenters. The molecule has 4 heteroatoms. The second-order valence-corrected chi connectivity index (χ2v) is 15.2. The van der Waals surface area contributed by atoms with Crippen molar-refractivity contribution in [2.75, 3.05) is 9.80 Å².